The minimum absolute atomic E-state index is 0.0498. The first kappa shape index (κ1) is 21.1. The Hall–Kier alpha value is -3.10. The van der Waals surface area contributed by atoms with Gasteiger partial charge >= 0.3 is 4.87 Å². The van der Waals surface area contributed by atoms with Crippen LogP contribution in [0.5, 0.6) is 11.6 Å². The second kappa shape index (κ2) is 9.36. The molecule has 6 nitrogen and oxygen atoms in total. The monoisotopic (exact) mass is 453 g/mol. The van der Waals surface area contributed by atoms with Crippen LogP contribution in [-0.4, -0.2) is 35.3 Å². The number of H-pyrrole nitrogens is 1. The summed E-state index contributed by atoms with van der Waals surface area (Å²) in [7, 11) is 2.02. The number of aryl methyl sites for hydroxylation is 1. The number of ether oxygens (including phenoxy) is 1. The van der Waals surface area contributed by atoms with Crippen LogP contribution in [0.3, 0.4) is 0 Å². The molecule has 0 saturated heterocycles. The number of thiazole rings is 2. The molecule has 0 spiro atoms. The van der Waals surface area contributed by atoms with E-state index in [0.717, 1.165) is 33.5 Å². The number of likely N-dealkylation sites (N-methyl/N-ethyl adjacent to an activating group) is 1. The van der Waals surface area contributed by atoms with Gasteiger partial charge in [0.1, 0.15) is 12.4 Å². The first-order valence-corrected chi connectivity index (χ1v) is 11.5. The molecule has 0 bridgehead atoms. The van der Waals surface area contributed by atoms with Crippen molar-refractivity contribution >= 4 is 27.8 Å². The van der Waals surface area contributed by atoms with Gasteiger partial charge < -0.3 is 14.7 Å². The Bertz CT molecular complexity index is 1200. The average molecular weight is 454 g/mol. The molecule has 160 valence electrons. The SMILES string of the molecule is Cc1nc(N(C)CCOc2ccc(Cc3sc(=O)[nH]c3O)cc2)sc1-c1ccccc1. The predicted molar refractivity (Wildman–Crippen MR) is 127 cm³/mol. The molecule has 0 saturated carbocycles. The summed E-state index contributed by atoms with van der Waals surface area (Å²) in [6, 6.07) is 18.0. The molecule has 0 unspecified atom stereocenters. The zero-order valence-electron chi connectivity index (χ0n) is 17.3. The molecule has 0 aliphatic heterocycles. The second-order valence-electron chi connectivity index (χ2n) is 7.15. The van der Waals surface area contributed by atoms with E-state index in [9.17, 15) is 9.90 Å². The summed E-state index contributed by atoms with van der Waals surface area (Å²) in [6.07, 6.45) is 0.505. The number of anilines is 1. The smallest absolute Gasteiger partial charge is 0.307 e. The number of hydrogen-bond donors (Lipinski definition) is 2. The number of nitrogens with one attached hydrogen (secondary N) is 1. The van der Waals surface area contributed by atoms with Gasteiger partial charge in [0, 0.05) is 13.5 Å². The van der Waals surface area contributed by atoms with E-state index in [-0.39, 0.29) is 10.8 Å². The van der Waals surface area contributed by atoms with Crippen LogP contribution in [0.25, 0.3) is 10.4 Å². The molecule has 2 aromatic carbocycles. The van der Waals surface area contributed by atoms with Crippen LogP contribution < -0.4 is 14.5 Å². The lowest BCUT2D eigenvalue weighted by Gasteiger charge is -2.16. The topological polar surface area (TPSA) is 78.5 Å². The van der Waals surface area contributed by atoms with E-state index in [1.54, 1.807) is 11.3 Å². The van der Waals surface area contributed by atoms with E-state index < -0.39 is 0 Å². The van der Waals surface area contributed by atoms with Crippen LogP contribution in [0.1, 0.15) is 16.1 Å². The minimum Gasteiger partial charge on any atom is -0.494 e. The summed E-state index contributed by atoms with van der Waals surface area (Å²) in [5.41, 5.74) is 3.23. The van der Waals surface area contributed by atoms with Crippen LogP contribution in [0.2, 0.25) is 0 Å². The van der Waals surface area contributed by atoms with Gasteiger partial charge in [0.15, 0.2) is 5.13 Å². The largest absolute Gasteiger partial charge is 0.494 e. The summed E-state index contributed by atoms with van der Waals surface area (Å²) in [5.74, 6) is 0.732. The molecule has 0 aliphatic carbocycles. The minimum atomic E-state index is -0.247. The Morgan fingerprint density at radius 3 is 2.52 bits per heavy atom. The molecule has 4 rings (SSSR count). The van der Waals surface area contributed by atoms with Gasteiger partial charge in [-0.15, -0.1) is 0 Å². The highest BCUT2D eigenvalue weighted by molar-refractivity contribution is 7.19. The third kappa shape index (κ3) is 5.15. The van der Waals surface area contributed by atoms with Crippen molar-refractivity contribution in [1.29, 1.82) is 0 Å². The van der Waals surface area contributed by atoms with Gasteiger partial charge in [0.25, 0.3) is 0 Å². The van der Waals surface area contributed by atoms with E-state index in [1.165, 1.54) is 10.4 Å². The molecular formula is C23H23N3O3S2. The molecule has 2 N–H and O–H groups in total. The van der Waals surface area contributed by atoms with Crippen molar-refractivity contribution in [2.45, 2.75) is 13.3 Å². The van der Waals surface area contributed by atoms with E-state index >= 15 is 0 Å². The highest BCUT2D eigenvalue weighted by Crippen LogP contribution is 2.33. The van der Waals surface area contributed by atoms with Gasteiger partial charge in [0.05, 0.1) is 22.0 Å². The van der Waals surface area contributed by atoms with Gasteiger partial charge in [0.2, 0.25) is 5.88 Å². The van der Waals surface area contributed by atoms with E-state index in [1.807, 2.05) is 56.4 Å². The summed E-state index contributed by atoms with van der Waals surface area (Å²) in [5, 5.41) is 10.7. The molecule has 0 atom stereocenters. The molecular weight excluding hydrogens is 430 g/mol. The van der Waals surface area contributed by atoms with Crippen molar-refractivity contribution < 1.29 is 9.84 Å². The van der Waals surface area contributed by atoms with Crippen LogP contribution in [0, 0.1) is 6.92 Å². The zero-order valence-corrected chi connectivity index (χ0v) is 18.9. The number of hydrogen-bond acceptors (Lipinski definition) is 7. The molecule has 31 heavy (non-hydrogen) atoms. The normalized spacial score (nSPS) is 10.9. The second-order valence-corrected chi connectivity index (χ2v) is 9.20. The van der Waals surface area contributed by atoms with Gasteiger partial charge in [-0.05, 0) is 30.2 Å². The van der Waals surface area contributed by atoms with Crippen molar-refractivity contribution in [2.24, 2.45) is 0 Å². The van der Waals surface area contributed by atoms with E-state index in [4.69, 9.17) is 9.72 Å². The predicted octanol–water partition coefficient (Wildman–Crippen LogP) is 4.68. The maximum atomic E-state index is 11.3. The third-order valence-electron chi connectivity index (χ3n) is 4.83. The van der Waals surface area contributed by atoms with E-state index in [2.05, 4.69) is 22.0 Å². The Labute approximate surface area is 188 Å². The van der Waals surface area contributed by atoms with Crippen molar-refractivity contribution in [1.82, 2.24) is 9.97 Å². The maximum absolute atomic E-state index is 11.3. The lowest BCUT2D eigenvalue weighted by atomic mass is 10.1. The molecule has 2 aromatic heterocycles. The number of aromatic amines is 1. The first-order valence-electron chi connectivity index (χ1n) is 9.86. The van der Waals surface area contributed by atoms with Crippen LogP contribution >= 0.6 is 22.7 Å². The van der Waals surface area contributed by atoms with Crippen LogP contribution in [0.4, 0.5) is 5.13 Å². The Morgan fingerprint density at radius 1 is 1.10 bits per heavy atom. The van der Waals surface area contributed by atoms with Crippen LogP contribution in [0.15, 0.2) is 59.4 Å². The van der Waals surface area contributed by atoms with Gasteiger partial charge in [-0.2, -0.15) is 0 Å². The van der Waals surface area contributed by atoms with Gasteiger partial charge in [-0.3, -0.25) is 9.78 Å². The van der Waals surface area contributed by atoms with Gasteiger partial charge in [-0.25, -0.2) is 4.98 Å². The Balaban J connectivity index is 1.31. The van der Waals surface area contributed by atoms with Crippen molar-refractivity contribution in [3.63, 3.8) is 0 Å². The van der Waals surface area contributed by atoms with Crippen LogP contribution in [-0.2, 0) is 6.42 Å². The van der Waals surface area contributed by atoms with Crippen molar-refractivity contribution in [3.05, 3.63) is 80.4 Å². The van der Waals surface area contributed by atoms with Gasteiger partial charge in [-0.1, -0.05) is 65.1 Å². The molecule has 2 heterocycles. The number of aromatic nitrogens is 2. The average Bonchev–Trinajstić information content (AvgIpc) is 3.31. The highest BCUT2D eigenvalue weighted by Gasteiger charge is 2.13. The fourth-order valence-electron chi connectivity index (χ4n) is 3.16. The fourth-order valence-corrected chi connectivity index (χ4v) is 4.98. The standard InChI is InChI=1S/C23H23N3O3S2/c1-15-20(17-6-4-3-5-7-17)31-22(24-15)26(2)12-13-29-18-10-8-16(9-11-18)14-19-21(27)25-23(28)30-19/h3-11,27H,12-14H2,1-2H3,(H,25,28). The highest BCUT2D eigenvalue weighted by atomic mass is 32.1. The summed E-state index contributed by atoms with van der Waals surface area (Å²) in [4.78, 5) is 22.1. The fraction of sp³-hybridized carbons (Fsp3) is 0.217. The number of aromatic hydroxyl groups is 1. The summed E-state index contributed by atoms with van der Waals surface area (Å²) in [6.45, 7) is 3.30. The molecule has 0 radical (unpaired) electrons. The maximum Gasteiger partial charge on any atom is 0.307 e. The Morgan fingerprint density at radius 2 is 1.84 bits per heavy atom. The molecule has 8 heteroatoms. The number of nitrogens with zero attached hydrogens (tertiary/aromatic N) is 2. The number of rotatable bonds is 8. The lowest BCUT2D eigenvalue weighted by Crippen LogP contribution is -2.23. The molecule has 0 amide bonds. The zero-order chi connectivity index (χ0) is 21.8. The molecule has 4 aromatic rings. The van der Waals surface area contributed by atoms with Crippen molar-refractivity contribution in [2.75, 3.05) is 25.1 Å². The lowest BCUT2D eigenvalue weighted by molar-refractivity contribution is 0.326. The quantitative estimate of drug-likeness (QED) is 0.405. The molecule has 0 fully saturated rings. The third-order valence-corrected chi connectivity index (χ3v) is 7.02. The molecule has 0 aliphatic rings. The summed E-state index contributed by atoms with van der Waals surface area (Å²) >= 11 is 2.71. The Kier molecular flexibility index (Phi) is 6.39. The summed E-state index contributed by atoms with van der Waals surface area (Å²) < 4.78 is 5.89. The van der Waals surface area contributed by atoms with Crippen molar-refractivity contribution in [3.8, 4) is 22.1 Å². The first-order chi connectivity index (χ1) is 15.0. The number of benzene rings is 2. The van der Waals surface area contributed by atoms with E-state index in [0.29, 0.717) is 24.4 Å².